The summed E-state index contributed by atoms with van der Waals surface area (Å²) >= 11 is 0. The van der Waals surface area contributed by atoms with Gasteiger partial charge in [-0.05, 0) is 11.6 Å². The van der Waals surface area contributed by atoms with Gasteiger partial charge in [0.25, 0.3) is 0 Å². The molecule has 0 bridgehead atoms. The normalized spacial score (nSPS) is 15.0. The molecular weight excluding hydrogens is 294 g/mol. The van der Waals surface area contributed by atoms with Crippen LogP contribution in [0.3, 0.4) is 0 Å². The summed E-state index contributed by atoms with van der Waals surface area (Å²) < 4.78 is 5.38. The molecule has 4 rings (SSSR count). The number of aromatic nitrogens is 5. The number of ether oxygens (including phenoxy) is 1. The van der Waals surface area contributed by atoms with Gasteiger partial charge >= 0.3 is 0 Å². The van der Waals surface area contributed by atoms with Crippen molar-refractivity contribution in [1.29, 1.82) is 0 Å². The van der Waals surface area contributed by atoms with E-state index in [9.17, 15) is 0 Å². The maximum Gasteiger partial charge on any atom is 0.205 e. The third-order valence-corrected chi connectivity index (χ3v) is 3.77. The van der Waals surface area contributed by atoms with E-state index in [1.165, 1.54) is 6.33 Å². The predicted octanol–water partition coefficient (Wildman–Crippen LogP) is 1.20. The van der Waals surface area contributed by atoms with Crippen molar-refractivity contribution in [3.63, 3.8) is 0 Å². The highest BCUT2D eigenvalue weighted by Gasteiger charge is 2.17. The molecule has 1 aliphatic heterocycles. The number of fused-ring (bicyclic) bond motifs is 1. The van der Waals surface area contributed by atoms with Crippen LogP contribution in [0.5, 0.6) is 0 Å². The van der Waals surface area contributed by atoms with Crippen LogP contribution in [0.15, 0.2) is 30.9 Å². The maximum absolute atomic E-state index is 5.38. The Kier molecular flexibility index (Phi) is 3.73. The van der Waals surface area contributed by atoms with Gasteiger partial charge in [0.2, 0.25) is 5.95 Å². The quantitative estimate of drug-likeness (QED) is 0.748. The number of nitrogens with one attached hydrogen (secondary N) is 2. The van der Waals surface area contributed by atoms with Crippen molar-refractivity contribution in [1.82, 2.24) is 24.9 Å². The van der Waals surface area contributed by atoms with E-state index in [1.807, 2.05) is 18.3 Å². The van der Waals surface area contributed by atoms with Gasteiger partial charge in [0.05, 0.1) is 13.2 Å². The fourth-order valence-corrected chi connectivity index (χ4v) is 2.56. The molecule has 1 saturated heterocycles. The minimum absolute atomic E-state index is 0.645. The van der Waals surface area contributed by atoms with E-state index in [1.54, 1.807) is 6.20 Å². The van der Waals surface area contributed by atoms with Crippen molar-refractivity contribution in [3.05, 3.63) is 36.4 Å². The molecule has 0 saturated carbocycles. The summed E-state index contributed by atoms with van der Waals surface area (Å²) in [6.45, 7) is 3.73. The lowest BCUT2D eigenvalue weighted by Gasteiger charge is -2.25. The van der Waals surface area contributed by atoms with Crippen LogP contribution in [0, 0.1) is 0 Å². The van der Waals surface area contributed by atoms with Gasteiger partial charge < -0.3 is 19.9 Å². The lowest BCUT2D eigenvalue weighted by molar-refractivity contribution is 0.122. The molecule has 2 N–H and O–H groups in total. The van der Waals surface area contributed by atoms with Crippen LogP contribution in [0.4, 0.5) is 11.8 Å². The molecule has 0 unspecified atom stereocenters. The number of nitrogens with zero attached hydrogens (tertiary/aromatic N) is 5. The zero-order valence-electron chi connectivity index (χ0n) is 12.6. The molecule has 0 aromatic carbocycles. The summed E-state index contributed by atoms with van der Waals surface area (Å²) in [5, 5.41) is 3.31. The first-order chi connectivity index (χ1) is 11.4. The van der Waals surface area contributed by atoms with Crippen molar-refractivity contribution in [3.8, 4) is 0 Å². The number of imidazole rings is 1. The zero-order valence-corrected chi connectivity index (χ0v) is 12.6. The van der Waals surface area contributed by atoms with E-state index in [-0.39, 0.29) is 0 Å². The number of anilines is 2. The van der Waals surface area contributed by atoms with E-state index in [0.717, 1.165) is 49.1 Å². The van der Waals surface area contributed by atoms with Crippen molar-refractivity contribution >= 4 is 22.9 Å². The molecular formula is C15H17N7O. The molecule has 118 valence electrons. The number of morpholine rings is 1. The molecule has 3 aromatic rings. The van der Waals surface area contributed by atoms with E-state index in [0.29, 0.717) is 12.2 Å². The van der Waals surface area contributed by atoms with Gasteiger partial charge in [0.1, 0.15) is 11.8 Å². The third kappa shape index (κ3) is 2.93. The van der Waals surface area contributed by atoms with Crippen LogP contribution in [-0.4, -0.2) is 51.2 Å². The van der Waals surface area contributed by atoms with E-state index in [4.69, 9.17) is 4.74 Å². The second-order valence-corrected chi connectivity index (χ2v) is 5.30. The molecule has 1 aliphatic rings. The Hall–Kier alpha value is -2.74. The Balaban J connectivity index is 1.58. The number of aromatic amines is 1. The van der Waals surface area contributed by atoms with Crippen LogP contribution in [-0.2, 0) is 11.3 Å². The molecule has 4 heterocycles. The topological polar surface area (TPSA) is 91.8 Å². The zero-order chi connectivity index (χ0) is 15.5. The van der Waals surface area contributed by atoms with Gasteiger partial charge in [-0.2, -0.15) is 4.98 Å². The SMILES string of the molecule is c1cncc(CNc2ncnc3nc(N4CCOCC4)[nH]c23)c1. The lowest BCUT2D eigenvalue weighted by Crippen LogP contribution is -2.36. The van der Waals surface area contributed by atoms with Crippen molar-refractivity contribution in [2.45, 2.75) is 6.54 Å². The first-order valence-electron chi connectivity index (χ1n) is 7.56. The average molecular weight is 311 g/mol. The minimum Gasteiger partial charge on any atom is -0.378 e. The van der Waals surface area contributed by atoms with E-state index in [2.05, 4.69) is 35.1 Å². The van der Waals surface area contributed by atoms with Crippen LogP contribution < -0.4 is 10.2 Å². The maximum atomic E-state index is 5.38. The Morgan fingerprint density at radius 2 is 2.17 bits per heavy atom. The van der Waals surface area contributed by atoms with Gasteiger partial charge in [-0.1, -0.05) is 6.07 Å². The standard InChI is InChI=1S/C15H17N7O/c1-2-11(8-16-3-1)9-17-13-12-14(19-10-18-13)21-15(20-12)22-4-6-23-7-5-22/h1-3,8,10H,4-7,9H2,(H2,17,18,19,20,21). The monoisotopic (exact) mass is 311 g/mol. The Morgan fingerprint density at radius 1 is 1.26 bits per heavy atom. The molecule has 0 aliphatic carbocycles. The number of hydrogen-bond donors (Lipinski definition) is 2. The summed E-state index contributed by atoms with van der Waals surface area (Å²) in [5.41, 5.74) is 2.57. The average Bonchev–Trinajstić information content (AvgIpc) is 3.06. The fourth-order valence-electron chi connectivity index (χ4n) is 2.56. The van der Waals surface area contributed by atoms with Crippen molar-refractivity contribution in [2.75, 3.05) is 36.5 Å². The van der Waals surface area contributed by atoms with E-state index >= 15 is 0 Å². The smallest absolute Gasteiger partial charge is 0.205 e. The predicted molar refractivity (Wildman–Crippen MR) is 86.3 cm³/mol. The van der Waals surface area contributed by atoms with E-state index < -0.39 is 0 Å². The molecule has 3 aromatic heterocycles. The van der Waals surface area contributed by atoms with Crippen LogP contribution in [0.2, 0.25) is 0 Å². The third-order valence-electron chi connectivity index (χ3n) is 3.77. The Labute approximate surface area is 133 Å². The first kappa shape index (κ1) is 13.9. The highest BCUT2D eigenvalue weighted by atomic mass is 16.5. The van der Waals surface area contributed by atoms with Gasteiger partial charge in [0, 0.05) is 32.0 Å². The minimum atomic E-state index is 0.645. The molecule has 0 atom stereocenters. The number of H-pyrrole nitrogens is 1. The first-order valence-corrected chi connectivity index (χ1v) is 7.56. The van der Waals surface area contributed by atoms with Gasteiger partial charge in [-0.15, -0.1) is 0 Å². The van der Waals surface area contributed by atoms with Gasteiger partial charge in [-0.3, -0.25) is 4.98 Å². The largest absolute Gasteiger partial charge is 0.378 e. The molecule has 8 nitrogen and oxygen atoms in total. The van der Waals surface area contributed by atoms with Gasteiger partial charge in [-0.25, -0.2) is 9.97 Å². The number of pyridine rings is 1. The fraction of sp³-hybridized carbons (Fsp3) is 0.333. The van der Waals surface area contributed by atoms with Crippen molar-refractivity contribution in [2.24, 2.45) is 0 Å². The summed E-state index contributed by atoms with van der Waals surface area (Å²) in [6.07, 6.45) is 5.12. The number of hydrogen-bond acceptors (Lipinski definition) is 7. The molecule has 0 radical (unpaired) electrons. The Bertz CT molecular complexity index is 783. The summed E-state index contributed by atoms with van der Waals surface area (Å²) in [7, 11) is 0. The van der Waals surface area contributed by atoms with Crippen LogP contribution >= 0.6 is 0 Å². The second-order valence-electron chi connectivity index (χ2n) is 5.30. The van der Waals surface area contributed by atoms with Crippen LogP contribution in [0.1, 0.15) is 5.56 Å². The molecule has 23 heavy (non-hydrogen) atoms. The van der Waals surface area contributed by atoms with Crippen molar-refractivity contribution < 1.29 is 4.74 Å². The van der Waals surface area contributed by atoms with Crippen LogP contribution in [0.25, 0.3) is 11.2 Å². The van der Waals surface area contributed by atoms with Gasteiger partial charge in [0.15, 0.2) is 11.5 Å². The summed E-state index contributed by atoms with van der Waals surface area (Å²) in [6, 6.07) is 3.93. The summed E-state index contributed by atoms with van der Waals surface area (Å²) in [4.78, 5) is 22.7. The lowest BCUT2D eigenvalue weighted by atomic mass is 10.3. The second kappa shape index (κ2) is 6.17. The highest BCUT2D eigenvalue weighted by Crippen LogP contribution is 2.21. The molecule has 0 spiro atoms. The number of rotatable bonds is 4. The highest BCUT2D eigenvalue weighted by molar-refractivity contribution is 5.84. The Morgan fingerprint density at radius 3 is 3.00 bits per heavy atom. The molecule has 8 heteroatoms. The molecule has 1 fully saturated rings. The molecule has 0 amide bonds. The summed E-state index contributed by atoms with van der Waals surface area (Å²) in [5.74, 6) is 1.55.